The number of hydrogen-bond acceptors (Lipinski definition) is 5. The summed E-state index contributed by atoms with van der Waals surface area (Å²) >= 11 is 0. The number of aromatic amines is 1. The number of urea groups is 1. The van der Waals surface area contributed by atoms with Gasteiger partial charge in [-0.1, -0.05) is 12.1 Å². The van der Waals surface area contributed by atoms with Gasteiger partial charge in [-0.3, -0.25) is 10.4 Å². The zero-order valence-electron chi connectivity index (χ0n) is 12.7. The Balaban J connectivity index is 1.74. The number of H-pyrrole nitrogens is 1. The monoisotopic (exact) mass is 312 g/mol. The second-order valence-electron chi connectivity index (χ2n) is 4.91. The first-order valence-electron chi connectivity index (χ1n) is 7.12. The topological polar surface area (TPSA) is 113 Å². The van der Waals surface area contributed by atoms with Gasteiger partial charge in [-0.15, -0.1) is 5.10 Å². The summed E-state index contributed by atoms with van der Waals surface area (Å²) in [6.07, 6.45) is 0. The summed E-state index contributed by atoms with van der Waals surface area (Å²) in [6, 6.07) is 8.69. The molecular formula is C14H16N8O. The van der Waals surface area contributed by atoms with Crippen LogP contribution < -0.4 is 10.6 Å². The minimum Gasteiger partial charge on any atom is -0.308 e. The molecule has 3 aromatic rings. The Hall–Kier alpha value is -3.23. The highest BCUT2D eigenvalue weighted by molar-refractivity contribution is 5.99. The third-order valence-electron chi connectivity index (χ3n) is 3.16. The lowest BCUT2D eigenvalue weighted by molar-refractivity contribution is 0.262. The van der Waals surface area contributed by atoms with Gasteiger partial charge in [0.15, 0.2) is 11.6 Å². The Morgan fingerprint density at radius 1 is 1.30 bits per heavy atom. The van der Waals surface area contributed by atoms with Crippen molar-refractivity contribution in [1.82, 2.24) is 30.4 Å². The molecule has 23 heavy (non-hydrogen) atoms. The fourth-order valence-corrected chi connectivity index (χ4v) is 2.12. The van der Waals surface area contributed by atoms with E-state index in [1.165, 1.54) is 0 Å². The summed E-state index contributed by atoms with van der Waals surface area (Å²) in [5.74, 6) is 1.12. The Morgan fingerprint density at radius 2 is 2.17 bits per heavy atom. The van der Waals surface area contributed by atoms with Crippen LogP contribution in [0.2, 0.25) is 0 Å². The molecule has 118 valence electrons. The molecular weight excluding hydrogens is 296 g/mol. The molecule has 0 bridgehead atoms. The molecule has 1 aromatic carbocycles. The van der Waals surface area contributed by atoms with E-state index >= 15 is 0 Å². The number of hydrogen-bond donors (Lipinski definition) is 3. The van der Waals surface area contributed by atoms with Gasteiger partial charge < -0.3 is 5.32 Å². The number of aryl methyl sites for hydroxylation is 2. The average Bonchev–Trinajstić information content (AvgIpc) is 3.16. The molecule has 0 saturated carbocycles. The predicted molar refractivity (Wildman–Crippen MR) is 84.9 cm³/mol. The third kappa shape index (κ3) is 3.34. The van der Waals surface area contributed by atoms with Crippen LogP contribution in [0, 0.1) is 6.92 Å². The maximum Gasteiger partial charge on any atom is 0.324 e. The number of amides is 2. The van der Waals surface area contributed by atoms with Crippen LogP contribution in [-0.4, -0.2) is 36.4 Å². The van der Waals surface area contributed by atoms with Crippen LogP contribution in [0.3, 0.4) is 0 Å². The highest BCUT2D eigenvalue weighted by atomic mass is 16.2. The van der Waals surface area contributed by atoms with E-state index in [0.717, 1.165) is 11.3 Å². The van der Waals surface area contributed by atoms with Crippen LogP contribution in [-0.2, 0) is 6.54 Å². The molecule has 0 radical (unpaired) electrons. The standard InChI is InChI=1S/C14H16N8O/c1-3-22-13(19-20-21-22)10-5-4-6-11(8-10)15-14(23)16-12-7-9(2)17-18-12/h4-8H,3H2,1-2H3,(H3,15,16,17,18,23). The van der Waals surface area contributed by atoms with Crippen molar-refractivity contribution in [2.75, 3.05) is 10.6 Å². The minimum atomic E-state index is -0.372. The Kier molecular flexibility index (Phi) is 4.00. The van der Waals surface area contributed by atoms with Crippen LogP contribution >= 0.6 is 0 Å². The first kappa shape index (κ1) is 14.7. The zero-order valence-corrected chi connectivity index (χ0v) is 12.7. The van der Waals surface area contributed by atoms with Crippen LogP contribution in [0.25, 0.3) is 11.4 Å². The maximum absolute atomic E-state index is 12.0. The van der Waals surface area contributed by atoms with E-state index in [4.69, 9.17) is 0 Å². The number of anilines is 2. The molecule has 0 atom stereocenters. The molecule has 2 aromatic heterocycles. The van der Waals surface area contributed by atoms with Gasteiger partial charge in [0.05, 0.1) is 0 Å². The molecule has 0 saturated heterocycles. The van der Waals surface area contributed by atoms with Gasteiger partial charge >= 0.3 is 6.03 Å². The summed E-state index contributed by atoms with van der Waals surface area (Å²) in [4.78, 5) is 12.0. The number of benzene rings is 1. The van der Waals surface area contributed by atoms with E-state index in [1.54, 1.807) is 16.8 Å². The van der Waals surface area contributed by atoms with Gasteiger partial charge in [0.2, 0.25) is 0 Å². The predicted octanol–water partition coefficient (Wildman–Crippen LogP) is 2.04. The van der Waals surface area contributed by atoms with Crippen LogP contribution in [0.1, 0.15) is 12.6 Å². The van der Waals surface area contributed by atoms with Crippen molar-refractivity contribution in [2.24, 2.45) is 0 Å². The summed E-state index contributed by atoms with van der Waals surface area (Å²) in [7, 11) is 0. The van der Waals surface area contributed by atoms with Crippen molar-refractivity contribution in [3.63, 3.8) is 0 Å². The largest absolute Gasteiger partial charge is 0.324 e. The molecule has 2 heterocycles. The molecule has 9 nitrogen and oxygen atoms in total. The minimum absolute atomic E-state index is 0.372. The van der Waals surface area contributed by atoms with Gasteiger partial charge in [-0.05, 0) is 36.4 Å². The van der Waals surface area contributed by atoms with Gasteiger partial charge in [-0.2, -0.15) is 5.10 Å². The molecule has 0 aliphatic carbocycles. The van der Waals surface area contributed by atoms with Crippen molar-refractivity contribution >= 4 is 17.5 Å². The molecule has 2 amide bonds. The van der Waals surface area contributed by atoms with Crippen molar-refractivity contribution in [2.45, 2.75) is 20.4 Å². The summed E-state index contributed by atoms with van der Waals surface area (Å²) < 4.78 is 1.69. The average molecular weight is 312 g/mol. The number of tetrazole rings is 1. The molecule has 0 fully saturated rings. The first-order valence-corrected chi connectivity index (χ1v) is 7.12. The van der Waals surface area contributed by atoms with Gasteiger partial charge in [0, 0.05) is 29.6 Å². The number of nitrogens with one attached hydrogen (secondary N) is 3. The number of nitrogens with zero attached hydrogens (tertiary/aromatic N) is 5. The molecule has 0 aliphatic rings. The second kappa shape index (κ2) is 6.26. The summed E-state index contributed by atoms with van der Waals surface area (Å²) in [5.41, 5.74) is 2.33. The van der Waals surface area contributed by atoms with E-state index < -0.39 is 0 Å². The van der Waals surface area contributed by atoms with E-state index in [1.807, 2.05) is 32.0 Å². The number of rotatable bonds is 4. The lowest BCUT2D eigenvalue weighted by Crippen LogP contribution is -2.19. The Bertz CT molecular complexity index is 822. The fraction of sp³-hybridized carbons (Fsp3) is 0.214. The van der Waals surface area contributed by atoms with Crippen LogP contribution in [0.5, 0.6) is 0 Å². The fourth-order valence-electron chi connectivity index (χ4n) is 2.12. The lowest BCUT2D eigenvalue weighted by Gasteiger charge is -2.07. The molecule has 3 N–H and O–H groups in total. The van der Waals surface area contributed by atoms with Crippen molar-refractivity contribution in [1.29, 1.82) is 0 Å². The number of aromatic nitrogens is 6. The Morgan fingerprint density at radius 3 is 2.91 bits per heavy atom. The highest BCUT2D eigenvalue weighted by Gasteiger charge is 2.10. The van der Waals surface area contributed by atoms with E-state index in [-0.39, 0.29) is 6.03 Å². The first-order chi connectivity index (χ1) is 11.2. The number of carbonyl (C=O) groups excluding carboxylic acids is 1. The second-order valence-corrected chi connectivity index (χ2v) is 4.91. The SMILES string of the molecule is CCn1nnnc1-c1cccc(NC(=O)Nc2cc(C)[nH]n2)c1. The van der Waals surface area contributed by atoms with Crippen molar-refractivity contribution in [3.8, 4) is 11.4 Å². The van der Waals surface area contributed by atoms with E-state index in [9.17, 15) is 4.79 Å². The Labute approximate surface area is 132 Å². The molecule has 0 unspecified atom stereocenters. The van der Waals surface area contributed by atoms with E-state index in [2.05, 4.69) is 36.4 Å². The van der Waals surface area contributed by atoms with E-state index in [0.29, 0.717) is 23.9 Å². The molecule has 9 heteroatoms. The van der Waals surface area contributed by atoms with Crippen molar-refractivity contribution in [3.05, 3.63) is 36.0 Å². The summed E-state index contributed by atoms with van der Waals surface area (Å²) in [5, 5.41) is 23.7. The lowest BCUT2D eigenvalue weighted by atomic mass is 10.2. The molecule has 0 aliphatic heterocycles. The van der Waals surface area contributed by atoms with Gasteiger partial charge in [0.25, 0.3) is 0 Å². The normalized spacial score (nSPS) is 10.5. The quantitative estimate of drug-likeness (QED) is 0.682. The third-order valence-corrected chi connectivity index (χ3v) is 3.16. The van der Waals surface area contributed by atoms with Crippen molar-refractivity contribution < 1.29 is 4.79 Å². The zero-order chi connectivity index (χ0) is 16.2. The van der Waals surface area contributed by atoms with Gasteiger partial charge in [-0.25, -0.2) is 9.48 Å². The smallest absolute Gasteiger partial charge is 0.308 e. The van der Waals surface area contributed by atoms with Crippen LogP contribution in [0.4, 0.5) is 16.3 Å². The maximum atomic E-state index is 12.0. The summed E-state index contributed by atoms with van der Waals surface area (Å²) in [6.45, 7) is 4.48. The molecule has 0 spiro atoms. The number of carbonyl (C=O) groups is 1. The molecule has 3 rings (SSSR count). The highest BCUT2D eigenvalue weighted by Crippen LogP contribution is 2.20. The van der Waals surface area contributed by atoms with Crippen LogP contribution in [0.15, 0.2) is 30.3 Å². The van der Waals surface area contributed by atoms with Gasteiger partial charge in [0.1, 0.15) is 0 Å².